The summed E-state index contributed by atoms with van der Waals surface area (Å²) in [5.74, 6) is 1.39. The number of piperidine rings is 1. The minimum Gasteiger partial charge on any atom is -0.304 e. The van der Waals surface area contributed by atoms with Crippen LogP contribution in [0.15, 0.2) is 23.2 Å². The van der Waals surface area contributed by atoms with E-state index in [-0.39, 0.29) is 0 Å². The highest BCUT2D eigenvalue weighted by molar-refractivity contribution is 7.18. The second kappa shape index (κ2) is 6.93. The Labute approximate surface area is 148 Å². The van der Waals surface area contributed by atoms with Gasteiger partial charge in [-0.05, 0) is 68.9 Å². The predicted molar refractivity (Wildman–Crippen MR) is 104 cm³/mol. The van der Waals surface area contributed by atoms with E-state index < -0.39 is 0 Å². The second-order valence-electron chi connectivity index (χ2n) is 7.37. The lowest BCUT2D eigenvalue weighted by atomic mass is 9.96. The van der Waals surface area contributed by atoms with Crippen LogP contribution in [-0.4, -0.2) is 41.8 Å². The number of rotatable bonds is 3. The molecule has 0 aliphatic carbocycles. The summed E-state index contributed by atoms with van der Waals surface area (Å²) in [6.07, 6.45) is 4.88. The molecule has 0 N–H and O–H groups in total. The quantitative estimate of drug-likeness (QED) is 0.808. The fraction of sp³-hybridized carbons (Fsp3) is 0.600. The SMILES string of the molecule is CCN1CCC(c2nc3cc(C4=NCC(C)CC4)ccc3s2)CC1. The Hall–Kier alpha value is -1.26. The second-order valence-corrected chi connectivity index (χ2v) is 8.44. The molecule has 3 nitrogen and oxygen atoms in total. The van der Waals surface area contributed by atoms with Gasteiger partial charge in [-0.25, -0.2) is 4.98 Å². The van der Waals surface area contributed by atoms with Crippen LogP contribution < -0.4 is 0 Å². The largest absolute Gasteiger partial charge is 0.304 e. The van der Waals surface area contributed by atoms with Crippen LogP contribution in [-0.2, 0) is 0 Å². The first-order valence-corrected chi connectivity index (χ1v) is 10.2. The van der Waals surface area contributed by atoms with Gasteiger partial charge in [-0.3, -0.25) is 4.99 Å². The van der Waals surface area contributed by atoms with Crippen LogP contribution in [0.3, 0.4) is 0 Å². The number of thiazole rings is 1. The third-order valence-electron chi connectivity index (χ3n) is 5.59. The number of hydrogen-bond acceptors (Lipinski definition) is 4. The Morgan fingerprint density at radius 2 is 2.04 bits per heavy atom. The number of aromatic nitrogens is 1. The van der Waals surface area contributed by atoms with E-state index in [1.165, 1.54) is 65.4 Å². The number of fused-ring (bicyclic) bond motifs is 1. The van der Waals surface area contributed by atoms with E-state index in [0.717, 1.165) is 18.9 Å². The Balaban J connectivity index is 1.55. The fourth-order valence-corrected chi connectivity index (χ4v) is 4.97. The van der Waals surface area contributed by atoms with Gasteiger partial charge < -0.3 is 4.90 Å². The Morgan fingerprint density at radius 1 is 1.21 bits per heavy atom. The van der Waals surface area contributed by atoms with E-state index >= 15 is 0 Å². The molecule has 1 aromatic carbocycles. The fourth-order valence-electron chi connectivity index (χ4n) is 3.85. The van der Waals surface area contributed by atoms with Gasteiger partial charge in [0.25, 0.3) is 0 Å². The number of likely N-dealkylation sites (tertiary alicyclic amines) is 1. The van der Waals surface area contributed by atoms with E-state index in [9.17, 15) is 0 Å². The average Bonchev–Trinajstić information content (AvgIpc) is 3.05. The van der Waals surface area contributed by atoms with E-state index in [0.29, 0.717) is 5.92 Å². The molecule has 2 aliphatic rings. The maximum atomic E-state index is 5.00. The van der Waals surface area contributed by atoms with Gasteiger partial charge >= 0.3 is 0 Å². The van der Waals surface area contributed by atoms with Crippen LogP contribution >= 0.6 is 11.3 Å². The standard InChI is InChI=1S/C20H27N3S/c1-3-23-10-8-15(9-11-23)20-22-18-12-16(5-7-19(18)24-20)17-6-4-14(2)13-21-17/h5,7,12,14-15H,3-4,6,8-11,13H2,1-2H3. The molecular formula is C20H27N3S. The molecule has 3 heterocycles. The molecule has 1 atom stereocenters. The van der Waals surface area contributed by atoms with Gasteiger partial charge in [-0.1, -0.05) is 19.9 Å². The lowest BCUT2D eigenvalue weighted by Crippen LogP contribution is -2.32. The van der Waals surface area contributed by atoms with Crippen LogP contribution in [0.2, 0.25) is 0 Å². The lowest BCUT2D eigenvalue weighted by Gasteiger charge is -2.29. The number of aliphatic imine (C=N–C) groups is 1. The van der Waals surface area contributed by atoms with Crippen molar-refractivity contribution in [3.05, 3.63) is 28.8 Å². The third kappa shape index (κ3) is 3.27. The van der Waals surface area contributed by atoms with Crippen molar-refractivity contribution >= 4 is 27.3 Å². The molecule has 0 radical (unpaired) electrons. The summed E-state index contributed by atoms with van der Waals surface area (Å²) >= 11 is 1.90. The number of hydrogen-bond donors (Lipinski definition) is 0. The molecule has 2 aliphatic heterocycles. The van der Waals surface area contributed by atoms with E-state index in [2.05, 4.69) is 36.9 Å². The highest BCUT2D eigenvalue weighted by Gasteiger charge is 2.23. The topological polar surface area (TPSA) is 28.5 Å². The molecule has 1 saturated heterocycles. The predicted octanol–water partition coefficient (Wildman–Crippen LogP) is 4.71. The smallest absolute Gasteiger partial charge is 0.0970 e. The summed E-state index contributed by atoms with van der Waals surface area (Å²) in [5, 5.41) is 1.34. The van der Waals surface area contributed by atoms with E-state index in [1.807, 2.05) is 11.3 Å². The Kier molecular flexibility index (Phi) is 4.68. The van der Waals surface area contributed by atoms with Gasteiger partial charge in [-0.15, -0.1) is 11.3 Å². The molecule has 0 amide bonds. The molecule has 4 rings (SSSR count). The minimum absolute atomic E-state index is 0.654. The van der Waals surface area contributed by atoms with Gasteiger partial charge in [0, 0.05) is 18.2 Å². The first-order chi connectivity index (χ1) is 11.7. The van der Waals surface area contributed by atoms with Gasteiger partial charge in [0.05, 0.1) is 15.2 Å². The molecule has 2 aromatic rings. The Bertz CT molecular complexity index is 740. The first-order valence-electron chi connectivity index (χ1n) is 9.39. The van der Waals surface area contributed by atoms with Crippen LogP contribution in [0.25, 0.3) is 10.2 Å². The van der Waals surface area contributed by atoms with Gasteiger partial charge in [0.15, 0.2) is 0 Å². The summed E-state index contributed by atoms with van der Waals surface area (Å²) in [5.41, 5.74) is 3.74. The summed E-state index contributed by atoms with van der Waals surface area (Å²) < 4.78 is 1.33. The molecule has 1 fully saturated rings. The molecule has 128 valence electrons. The Morgan fingerprint density at radius 3 is 2.75 bits per heavy atom. The van der Waals surface area contributed by atoms with Crippen molar-refractivity contribution in [3.8, 4) is 0 Å². The third-order valence-corrected chi connectivity index (χ3v) is 6.79. The van der Waals surface area contributed by atoms with Crippen LogP contribution in [0, 0.1) is 5.92 Å². The lowest BCUT2D eigenvalue weighted by molar-refractivity contribution is 0.222. The molecule has 1 aromatic heterocycles. The van der Waals surface area contributed by atoms with Crippen LogP contribution in [0.1, 0.15) is 56.0 Å². The summed E-state index contributed by atoms with van der Waals surface area (Å²) in [6.45, 7) is 9.14. The zero-order valence-corrected chi connectivity index (χ0v) is 15.6. The highest BCUT2D eigenvalue weighted by Crippen LogP contribution is 2.34. The number of benzene rings is 1. The molecule has 0 spiro atoms. The average molecular weight is 342 g/mol. The van der Waals surface area contributed by atoms with Crippen LogP contribution in [0.5, 0.6) is 0 Å². The molecular weight excluding hydrogens is 314 g/mol. The van der Waals surface area contributed by atoms with Gasteiger partial charge in [0.1, 0.15) is 0 Å². The number of nitrogens with zero attached hydrogens (tertiary/aromatic N) is 3. The van der Waals surface area contributed by atoms with Gasteiger partial charge in [0.2, 0.25) is 0 Å². The van der Waals surface area contributed by atoms with Gasteiger partial charge in [-0.2, -0.15) is 0 Å². The van der Waals surface area contributed by atoms with E-state index in [4.69, 9.17) is 9.98 Å². The molecule has 0 bridgehead atoms. The van der Waals surface area contributed by atoms with Crippen molar-refractivity contribution in [1.29, 1.82) is 0 Å². The first kappa shape index (κ1) is 16.2. The zero-order chi connectivity index (χ0) is 16.5. The molecule has 24 heavy (non-hydrogen) atoms. The molecule has 1 unspecified atom stereocenters. The minimum atomic E-state index is 0.654. The zero-order valence-electron chi connectivity index (χ0n) is 14.8. The van der Waals surface area contributed by atoms with Crippen molar-refractivity contribution in [2.45, 2.75) is 45.4 Å². The van der Waals surface area contributed by atoms with Crippen molar-refractivity contribution < 1.29 is 0 Å². The van der Waals surface area contributed by atoms with Crippen molar-refractivity contribution in [1.82, 2.24) is 9.88 Å². The normalized spacial score (nSPS) is 23.6. The van der Waals surface area contributed by atoms with Crippen LogP contribution in [0.4, 0.5) is 0 Å². The maximum absolute atomic E-state index is 5.00. The highest BCUT2D eigenvalue weighted by atomic mass is 32.1. The summed E-state index contributed by atoms with van der Waals surface area (Å²) in [6, 6.07) is 6.78. The van der Waals surface area contributed by atoms with Crippen molar-refractivity contribution in [3.63, 3.8) is 0 Å². The van der Waals surface area contributed by atoms with E-state index in [1.54, 1.807) is 0 Å². The summed E-state index contributed by atoms with van der Waals surface area (Å²) in [4.78, 5) is 12.3. The molecule has 0 saturated carbocycles. The monoisotopic (exact) mass is 341 g/mol. The summed E-state index contributed by atoms with van der Waals surface area (Å²) in [7, 11) is 0. The van der Waals surface area contributed by atoms with Crippen molar-refractivity contribution in [2.24, 2.45) is 10.9 Å². The van der Waals surface area contributed by atoms with Crippen molar-refractivity contribution in [2.75, 3.05) is 26.2 Å². The maximum Gasteiger partial charge on any atom is 0.0970 e. The molecule has 4 heteroatoms.